The largest absolute Gasteiger partial charge is 0.479 e. The maximum absolute atomic E-state index is 12.3. The SMILES string of the molecule is COc1ncncc1NC(=O)N1CCN(c2ccccn2)CC1. The molecule has 2 aromatic rings. The van der Waals surface area contributed by atoms with Gasteiger partial charge >= 0.3 is 6.03 Å². The number of rotatable bonds is 3. The molecule has 1 aliphatic rings. The lowest BCUT2D eigenvalue weighted by atomic mass is 10.3. The van der Waals surface area contributed by atoms with E-state index in [1.807, 2.05) is 18.2 Å². The van der Waals surface area contributed by atoms with Crippen molar-refractivity contribution >= 4 is 17.5 Å². The van der Waals surface area contributed by atoms with Crippen LogP contribution in [0.25, 0.3) is 0 Å². The molecule has 0 aliphatic carbocycles. The molecule has 120 valence electrons. The number of amides is 2. The average Bonchev–Trinajstić information content (AvgIpc) is 2.63. The highest BCUT2D eigenvalue weighted by Crippen LogP contribution is 2.19. The summed E-state index contributed by atoms with van der Waals surface area (Å²) in [7, 11) is 1.50. The molecule has 1 N–H and O–H groups in total. The molecule has 0 bridgehead atoms. The van der Waals surface area contributed by atoms with Crippen LogP contribution in [-0.2, 0) is 0 Å². The Balaban J connectivity index is 1.58. The van der Waals surface area contributed by atoms with Gasteiger partial charge in [-0.1, -0.05) is 6.07 Å². The van der Waals surface area contributed by atoms with Gasteiger partial charge in [-0.15, -0.1) is 0 Å². The number of pyridine rings is 1. The normalized spacial score (nSPS) is 14.5. The molecule has 1 aliphatic heterocycles. The van der Waals surface area contributed by atoms with Crippen molar-refractivity contribution in [2.24, 2.45) is 0 Å². The molecule has 0 aromatic carbocycles. The molecule has 0 atom stereocenters. The van der Waals surface area contributed by atoms with Crippen LogP contribution in [0, 0.1) is 0 Å². The maximum Gasteiger partial charge on any atom is 0.322 e. The van der Waals surface area contributed by atoms with Crippen LogP contribution < -0.4 is 15.0 Å². The van der Waals surface area contributed by atoms with Crippen LogP contribution in [0.15, 0.2) is 36.9 Å². The molecule has 3 rings (SSSR count). The van der Waals surface area contributed by atoms with Crippen molar-refractivity contribution in [1.82, 2.24) is 19.9 Å². The molecule has 0 unspecified atom stereocenters. The second-order valence-corrected chi connectivity index (χ2v) is 5.04. The van der Waals surface area contributed by atoms with E-state index in [9.17, 15) is 4.79 Å². The van der Waals surface area contributed by atoms with Crippen LogP contribution in [0.4, 0.5) is 16.3 Å². The van der Waals surface area contributed by atoms with Gasteiger partial charge in [0, 0.05) is 32.4 Å². The summed E-state index contributed by atoms with van der Waals surface area (Å²) in [6, 6.07) is 5.65. The molecule has 8 heteroatoms. The Hall–Kier alpha value is -2.90. The Bertz CT molecular complexity index is 658. The summed E-state index contributed by atoms with van der Waals surface area (Å²) in [6.07, 6.45) is 4.67. The van der Waals surface area contributed by atoms with E-state index >= 15 is 0 Å². The third kappa shape index (κ3) is 3.47. The lowest BCUT2D eigenvalue weighted by Crippen LogP contribution is -2.50. The van der Waals surface area contributed by atoms with Gasteiger partial charge in [0.25, 0.3) is 0 Å². The molecule has 23 heavy (non-hydrogen) atoms. The monoisotopic (exact) mass is 314 g/mol. The molecule has 3 heterocycles. The van der Waals surface area contributed by atoms with Gasteiger partial charge in [-0.2, -0.15) is 4.98 Å². The minimum absolute atomic E-state index is 0.182. The number of ether oxygens (including phenoxy) is 1. The molecule has 1 fully saturated rings. The minimum atomic E-state index is -0.182. The van der Waals surface area contributed by atoms with Crippen molar-refractivity contribution in [2.45, 2.75) is 0 Å². The van der Waals surface area contributed by atoms with Crippen molar-refractivity contribution < 1.29 is 9.53 Å². The maximum atomic E-state index is 12.3. The van der Waals surface area contributed by atoms with E-state index in [0.717, 1.165) is 18.9 Å². The summed E-state index contributed by atoms with van der Waals surface area (Å²) >= 11 is 0. The van der Waals surface area contributed by atoms with Gasteiger partial charge in [0.05, 0.1) is 13.3 Å². The number of nitrogens with one attached hydrogen (secondary N) is 1. The van der Waals surface area contributed by atoms with Gasteiger partial charge in [-0.05, 0) is 12.1 Å². The standard InChI is InChI=1S/C15H18N6O2/c1-23-14-12(10-16-11-18-14)19-15(22)21-8-6-20(7-9-21)13-4-2-3-5-17-13/h2-5,10-11H,6-9H2,1H3,(H,19,22). The van der Waals surface area contributed by atoms with Gasteiger partial charge in [-0.3, -0.25) is 0 Å². The van der Waals surface area contributed by atoms with Crippen LogP contribution in [0.1, 0.15) is 0 Å². The number of aromatic nitrogens is 3. The first-order valence-electron chi connectivity index (χ1n) is 7.34. The predicted molar refractivity (Wildman–Crippen MR) is 85.6 cm³/mol. The smallest absolute Gasteiger partial charge is 0.322 e. The van der Waals surface area contributed by atoms with Crippen molar-refractivity contribution in [1.29, 1.82) is 0 Å². The van der Waals surface area contributed by atoms with E-state index in [2.05, 4.69) is 25.2 Å². The fourth-order valence-corrected chi connectivity index (χ4v) is 2.44. The topological polar surface area (TPSA) is 83.5 Å². The number of methoxy groups -OCH3 is 1. The Morgan fingerprint density at radius 2 is 2.04 bits per heavy atom. The summed E-state index contributed by atoms with van der Waals surface area (Å²) in [5.41, 5.74) is 0.465. The Morgan fingerprint density at radius 3 is 2.74 bits per heavy atom. The van der Waals surface area contributed by atoms with Crippen molar-refractivity contribution in [2.75, 3.05) is 43.5 Å². The van der Waals surface area contributed by atoms with E-state index in [0.29, 0.717) is 24.7 Å². The summed E-state index contributed by atoms with van der Waals surface area (Å²) in [4.78, 5) is 28.5. The third-order valence-electron chi connectivity index (χ3n) is 3.65. The molecule has 2 amide bonds. The average molecular weight is 314 g/mol. The Morgan fingerprint density at radius 1 is 1.22 bits per heavy atom. The van der Waals surface area contributed by atoms with E-state index in [1.165, 1.54) is 19.6 Å². The van der Waals surface area contributed by atoms with Crippen LogP contribution in [0.5, 0.6) is 5.88 Å². The lowest BCUT2D eigenvalue weighted by molar-refractivity contribution is 0.208. The van der Waals surface area contributed by atoms with Crippen LogP contribution in [0.2, 0.25) is 0 Å². The molecule has 1 saturated heterocycles. The lowest BCUT2D eigenvalue weighted by Gasteiger charge is -2.35. The molecule has 2 aromatic heterocycles. The molecule has 0 radical (unpaired) electrons. The molecule has 0 saturated carbocycles. The van der Waals surface area contributed by atoms with Gasteiger partial charge in [0.1, 0.15) is 17.8 Å². The van der Waals surface area contributed by atoms with E-state index in [4.69, 9.17) is 4.74 Å². The van der Waals surface area contributed by atoms with Gasteiger partial charge < -0.3 is 19.9 Å². The Kier molecular flexibility index (Phi) is 4.51. The predicted octanol–water partition coefficient (Wildman–Crippen LogP) is 1.23. The van der Waals surface area contributed by atoms with Crippen molar-refractivity contribution in [3.05, 3.63) is 36.9 Å². The number of anilines is 2. The second-order valence-electron chi connectivity index (χ2n) is 5.04. The molecule has 8 nitrogen and oxygen atoms in total. The van der Waals surface area contributed by atoms with Crippen LogP contribution in [0.3, 0.4) is 0 Å². The molecule has 0 spiro atoms. The minimum Gasteiger partial charge on any atom is -0.479 e. The zero-order valence-electron chi connectivity index (χ0n) is 12.8. The first-order chi connectivity index (χ1) is 11.3. The highest BCUT2D eigenvalue weighted by atomic mass is 16.5. The third-order valence-corrected chi connectivity index (χ3v) is 3.65. The fraction of sp³-hybridized carbons (Fsp3) is 0.333. The molecular formula is C15H18N6O2. The Labute approximate surface area is 134 Å². The summed E-state index contributed by atoms with van der Waals surface area (Å²) in [5.74, 6) is 1.28. The van der Waals surface area contributed by atoms with Crippen LogP contribution in [-0.4, -0.2) is 59.2 Å². The number of nitrogens with zero attached hydrogens (tertiary/aromatic N) is 5. The second kappa shape index (κ2) is 6.91. The number of carbonyl (C=O) groups is 1. The highest BCUT2D eigenvalue weighted by molar-refractivity contribution is 5.90. The zero-order chi connectivity index (χ0) is 16.1. The van der Waals surface area contributed by atoms with E-state index in [1.54, 1.807) is 11.1 Å². The number of hydrogen-bond acceptors (Lipinski definition) is 6. The van der Waals surface area contributed by atoms with Gasteiger partial charge in [-0.25, -0.2) is 14.8 Å². The molecular weight excluding hydrogens is 296 g/mol. The zero-order valence-corrected chi connectivity index (χ0v) is 12.8. The van der Waals surface area contributed by atoms with Crippen molar-refractivity contribution in [3.63, 3.8) is 0 Å². The van der Waals surface area contributed by atoms with E-state index < -0.39 is 0 Å². The highest BCUT2D eigenvalue weighted by Gasteiger charge is 2.22. The number of urea groups is 1. The first-order valence-corrected chi connectivity index (χ1v) is 7.34. The summed E-state index contributed by atoms with van der Waals surface area (Å²) in [5, 5.41) is 2.79. The first kappa shape index (κ1) is 15.0. The van der Waals surface area contributed by atoms with Crippen LogP contribution >= 0.6 is 0 Å². The van der Waals surface area contributed by atoms with E-state index in [-0.39, 0.29) is 6.03 Å². The summed E-state index contributed by atoms with van der Waals surface area (Å²) in [6.45, 7) is 2.73. The van der Waals surface area contributed by atoms with Gasteiger partial charge in [0.15, 0.2) is 0 Å². The number of hydrogen-bond donors (Lipinski definition) is 1. The number of carbonyl (C=O) groups excluding carboxylic acids is 1. The van der Waals surface area contributed by atoms with Crippen molar-refractivity contribution in [3.8, 4) is 5.88 Å². The number of piperazine rings is 1. The summed E-state index contributed by atoms with van der Waals surface area (Å²) < 4.78 is 5.11. The quantitative estimate of drug-likeness (QED) is 0.917. The fourth-order valence-electron chi connectivity index (χ4n) is 2.44. The van der Waals surface area contributed by atoms with Gasteiger partial charge in [0.2, 0.25) is 5.88 Å².